The van der Waals surface area contributed by atoms with Crippen molar-refractivity contribution in [3.8, 4) is 6.07 Å². The molecule has 2 aromatic heterocycles. The Hall–Kier alpha value is -2.29. The van der Waals surface area contributed by atoms with Crippen LogP contribution in [0.25, 0.3) is 0 Å². The third-order valence-corrected chi connectivity index (χ3v) is 4.29. The zero-order valence-electron chi connectivity index (χ0n) is 13.9. The number of nitriles is 1. The van der Waals surface area contributed by atoms with Gasteiger partial charge in [0, 0.05) is 38.1 Å². The van der Waals surface area contributed by atoms with E-state index in [2.05, 4.69) is 28.0 Å². The van der Waals surface area contributed by atoms with Crippen molar-refractivity contribution >= 4 is 0 Å². The van der Waals surface area contributed by atoms with Gasteiger partial charge in [-0.25, -0.2) is 4.98 Å². The Morgan fingerprint density at radius 3 is 2.79 bits per heavy atom. The first kappa shape index (κ1) is 16.6. The van der Waals surface area contributed by atoms with E-state index in [4.69, 9.17) is 10.00 Å². The molecule has 0 bridgehead atoms. The van der Waals surface area contributed by atoms with Crippen LogP contribution in [0, 0.1) is 11.3 Å². The lowest BCUT2D eigenvalue weighted by molar-refractivity contribution is 0.0266. The number of hydrogen-bond acceptors (Lipinski definition) is 5. The maximum Gasteiger partial charge on any atom is 0.140 e. The number of pyridine rings is 2. The van der Waals surface area contributed by atoms with Gasteiger partial charge in [0.1, 0.15) is 11.8 Å². The van der Waals surface area contributed by atoms with Crippen LogP contribution in [0.2, 0.25) is 0 Å². The van der Waals surface area contributed by atoms with Gasteiger partial charge in [-0.3, -0.25) is 9.88 Å². The summed E-state index contributed by atoms with van der Waals surface area (Å²) in [4.78, 5) is 10.6. The third-order valence-electron chi connectivity index (χ3n) is 4.29. The van der Waals surface area contributed by atoms with E-state index in [1.807, 2.05) is 24.4 Å². The molecular formula is C19H22N4O. The Morgan fingerprint density at radius 2 is 2.08 bits per heavy atom. The molecule has 1 aliphatic heterocycles. The minimum atomic E-state index is 0.247. The highest BCUT2D eigenvalue weighted by atomic mass is 16.5. The van der Waals surface area contributed by atoms with Crippen LogP contribution < -0.4 is 0 Å². The fraction of sp³-hybridized carbons (Fsp3) is 0.421. The molecular weight excluding hydrogens is 300 g/mol. The zero-order valence-corrected chi connectivity index (χ0v) is 13.9. The Kier molecular flexibility index (Phi) is 5.52. The minimum Gasteiger partial charge on any atom is -0.373 e. The van der Waals surface area contributed by atoms with Crippen LogP contribution in [0.15, 0.2) is 42.9 Å². The molecule has 124 valence electrons. The third kappa shape index (κ3) is 4.60. The van der Waals surface area contributed by atoms with Gasteiger partial charge in [0.2, 0.25) is 0 Å². The van der Waals surface area contributed by atoms with Crippen LogP contribution in [0.4, 0.5) is 0 Å². The molecule has 3 heterocycles. The van der Waals surface area contributed by atoms with Crippen LogP contribution in [0.3, 0.4) is 0 Å². The fourth-order valence-corrected chi connectivity index (χ4v) is 3.15. The summed E-state index contributed by atoms with van der Waals surface area (Å²) in [5.41, 5.74) is 2.81. The van der Waals surface area contributed by atoms with E-state index < -0.39 is 0 Å². The Balaban J connectivity index is 1.45. The molecule has 2 aromatic rings. The molecule has 0 amide bonds. The van der Waals surface area contributed by atoms with E-state index in [0.717, 1.165) is 37.9 Å². The minimum absolute atomic E-state index is 0.247. The summed E-state index contributed by atoms with van der Waals surface area (Å²) in [6.07, 6.45) is 9.04. The molecule has 0 aromatic carbocycles. The summed E-state index contributed by atoms with van der Waals surface area (Å²) >= 11 is 0. The quantitative estimate of drug-likeness (QED) is 0.818. The SMILES string of the molecule is CN(Cc1cccnc1)C[C@H]1CC[C@@H](Cc2ccc(C#N)nc2)O1. The maximum absolute atomic E-state index is 8.79. The molecule has 1 aliphatic rings. The number of ether oxygens (including phenoxy) is 1. The Labute approximate surface area is 142 Å². The topological polar surface area (TPSA) is 62.0 Å². The van der Waals surface area contributed by atoms with Crippen molar-refractivity contribution in [1.29, 1.82) is 5.26 Å². The highest BCUT2D eigenvalue weighted by Crippen LogP contribution is 2.23. The van der Waals surface area contributed by atoms with Crippen LogP contribution in [0.1, 0.15) is 29.7 Å². The van der Waals surface area contributed by atoms with E-state index in [1.165, 1.54) is 5.56 Å². The second-order valence-corrected chi connectivity index (χ2v) is 6.38. The van der Waals surface area contributed by atoms with Crippen molar-refractivity contribution in [3.05, 3.63) is 59.7 Å². The second kappa shape index (κ2) is 8.00. The van der Waals surface area contributed by atoms with Gasteiger partial charge in [-0.15, -0.1) is 0 Å². The van der Waals surface area contributed by atoms with Gasteiger partial charge in [0.15, 0.2) is 0 Å². The molecule has 0 N–H and O–H groups in total. The standard InChI is InChI=1S/C19H22N4O/c1-23(13-16-3-2-8-21-11-16)14-19-7-6-18(24-19)9-15-4-5-17(10-20)22-12-15/h2-5,8,11-12,18-19H,6-7,9,13-14H2,1H3/t18-,19+/m0/s1. The van der Waals surface area contributed by atoms with E-state index in [0.29, 0.717) is 5.69 Å². The fourth-order valence-electron chi connectivity index (χ4n) is 3.15. The first-order valence-electron chi connectivity index (χ1n) is 8.31. The van der Waals surface area contributed by atoms with E-state index >= 15 is 0 Å². The van der Waals surface area contributed by atoms with Gasteiger partial charge in [-0.05, 0) is 43.1 Å². The van der Waals surface area contributed by atoms with Crippen LogP contribution in [0.5, 0.6) is 0 Å². The monoisotopic (exact) mass is 322 g/mol. The molecule has 2 atom stereocenters. The van der Waals surface area contributed by atoms with Crippen molar-refractivity contribution in [1.82, 2.24) is 14.9 Å². The van der Waals surface area contributed by atoms with E-state index in [-0.39, 0.29) is 12.2 Å². The van der Waals surface area contributed by atoms with Gasteiger partial charge < -0.3 is 4.74 Å². The molecule has 1 saturated heterocycles. The van der Waals surface area contributed by atoms with E-state index in [1.54, 1.807) is 18.5 Å². The first-order valence-corrected chi connectivity index (χ1v) is 8.31. The molecule has 5 nitrogen and oxygen atoms in total. The molecule has 0 saturated carbocycles. The average Bonchev–Trinajstić information content (AvgIpc) is 3.03. The Morgan fingerprint density at radius 1 is 1.21 bits per heavy atom. The summed E-state index contributed by atoms with van der Waals surface area (Å²) in [6, 6.07) is 9.85. The highest BCUT2D eigenvalue weighted by molar-refractivity contribution is 5.23. The number of nitrogens with zero attached hydrogens (tertiary/aromatic N) is 4. The van der Waals surface area contributed by atoms with Crippen molar-refractivity contribution in [2.45, 2.75) is 38.0 Å². The highest BCUT2D eigenvalue weighted by Gasteiger charge is 2.26. The van der Waals surface area contributed by atoms with Gasteiger partial charge >= 0.3 is 0 Å². The molecule has 24 heavy (non-hydrogen) atoms. The molecule has 0 aliphatic carbocycles. The molecule has 0 unspecified atom stereocenters. The Bertz CT molecular complexity index is 681. The van der Waals surface area contributed by atoms with Crippen molar-refractivity contribution in [2.75, 3.05) is 13.6 Å². The van der Waals surface area contributed by atoms with Crippen LogP contribution >= 0.6 is 0 Å². The van der Waals surface area contributed by atoms with Gasteiger partial charge in [0.05, 0.1) is 12.2 Å². The number of hydrogen-bond donors (Lipinski definition) is 0. The largest absolute Gasteiger partial charge is 0.373 e. The van der Waals surface area contributed by atoms with E-state index in [9.17, 15) is 0 Å². The summed E-state index contributed by atoms with van der Waals surface area (Å²) in [7, 11) is 2.12. The molecule has 0 spiro atoms. The smallest absolute Gasteiger partial charge is 0.140 e. The predicted octanol–water partition coefficient (Wildman–Crippen LogP) is 2.57. The summed E-state index contributed by atoms with van der Waals surface area (Å²) in [5.74, 6) is 0. The van der Waals surface area contributed by atoms with Gasteiger partial charge in [-0.1, -0.05) is 12.1 Å². The summed E-state index contributed by atoms with van der Waals surface area (Å²) in [6.45, 7) is 1.81. The van der Waals surface area contributed by atoms with Crippen LogP contribution in [-0.2, 0) is 17.7 Å². The lowest BCUT2D eigenvalue weighted by Crippen LogP contribution is -2.29. The van der Waals surface area contributed by atoms with Crippen molar-refractivity contribution in [2.24, 2.45) is 0 Å². The van der Waals surface area contributed by atoms with Crippen molar-refractivity contribution in [3.63, 3.8) is 0 Å². The lowest BCUT2D eigenvalue weighted by atomic mass is 10.1. The zero-order chi connectivity index (χ0) is 16.8. The maximum atomic E-state index is 8.79. The molecule has 5 heteroatoms. The van der Waals surface area contributed by atoms with Crippen molar-refractivity contribution < 1.29 is 4.74 Å². The number of aromatic nitrogens is 2. The van der Waals surface area contributed by atoms with Crippen LogP contribution in [-0.4, -0.2) is 40.7 Å². The summed E-state index contributed by atoms with van der Waals surface area (Å²) < 4.78 is 6.18. The number of likely N-dealkylation sites (N-methyl/N-ethyl adjacent to an activating group) is 1. The normalized spacial score (nSPS) is 20.2. The van der Waals surface area contributed by atoms with Gasteiger partial charge in [0.25, 0.3) is 0 Å². The first-order chi connectivity index (χ1) is 11.7. The second-order valence-electron chi connectivity index (χ2n) is 6.38. The predicted molar refractivity (Wildman–Crippen MR) is 91.1 cm³/mol. The molecule has 0 radical (unpaired) electrons. The van der Waals surface area contributed by atoms with Gasteiger partial charge in [-0.2, -0.15) is 5.26 Å². The molecule has 1 fully saturated rings. The molecule has 3 rings (SSSR count). The lowest BCUT2D eigenvalue weighted by Gasteiger charge is -2.21. The average molecular weight is 322 g/mol. The summed E-state index contributed by atoms with van der Waals surface area (Å²) in [5, 5.41) is 8.79. The number of rotatable bonds is 6.